The van der Waals surface area contributed by atoms with Gasteiger partial charge in [-0.1, -0.05) is 12.7 Å². The highest BCUT2D eigenvalue weighted by Gasteiger charge is 2.44. The van der Waals surface area contributed by atoms with Gasteiger partial charge in [-0.25, -0.2) is 0 Å². The van der Waals surface area contributed by atoms with Crippen molar-refractivity contribution in [3.8, 4) is 0 Å². The van der Waals surface area contributed by atoms with Gasteiger partial charge in [-0.05, 0) is 51.5 Å². The predicted molar refractivity (Wildman–Crippen MR) is 65.2 cm³/mol. The average Bonchev–Trinajstić information content (AvgIpc) is 2.15. The molecule has 0 aromatic rings. The Hall–Kier alpha value is -0.320. The van der Waals surface area contributed by atoms with E-state index in [1.807, 2.05) is 4.90 Å². The number of hydrogen-bond acceptors (Lipinski definition) is 1. The van der Waals surface area contributed by atoms with Crippen LogP contribution in [0.2, 0.25) is 0 Å². The van der Waals surface area contributed by atoms with Crippen LogP contribution in [0.25, 0.3) is 0 Å². The molecule has 0 N–H and O–H groups in total. The molecule has 0 radical (unpaired) electrons. The highest BCUT2D eigenvalue weighted by molar-refractivity contribution is 14.1. The van der Waals surface area contributed by atoms with Gasteiger partial charge in [0.1, 0.15) is 0 Å². The lowest BCUT2D eigenvalue weighted by Gasteiger charge is -2.51. The molecule has 0 aromatic heterocycles. The smallest absolute Gasteiger partial charge is 0.245 e. The standard InChI is InChI=1S/C11H14INO/c1-2-10(14)13-7-11(8-13)5-3-9(12)4-6-11/h2-3H,1,4-8H2. The number of likely N-dealkylation sites (tertiary alicyclic amines) is 1. The molecule has 0 aromatic carbocycles. The molecule has 1 heterocycles. The molecule has 2 aliphatic rings. The number of nitrogens with zero attached hydrogens (tertiary/aromatic N) is 1. The summed E-state index contributed by atoms with van der Waals surface area (Å²) in [6.07, 6.45) is 7.31. The molecular weight excluding hydrogens is 289 g/mol. The molecule has 76 valence electrons. The van der Waals surface area contributed by atoms with Crippen LogP contribution < -0.4 is 0 Å². The fraction of sp³-hybridized carbons (Fsp3) is 0.545. The van der Waals surface area contributed by atoms with E-state index in [0.717, 1.165) is 19.5 Å². The first kappa shape index (κ1) is 10.2. The van der Waals surface area contributed by atoms with Crippen LogP contribution >= 0.6 is 22.6 Å². The Balaban J connectivity index is 1.93. The van der Waals surface area contributed by atoms with Crippen molar-refractivity contribution < 1.29 is 4.79 Å². The number of carbonyl (C=O) groups is 1. The Morgan fingerprint density at radius 1 is 1.64 bits per heavy atom. The topological polar surface area (TPSA) is 20.3 Å². The molecule has 1 amide bonds. The normalized spacial score (nSPS) is 24.1. The maximum absolute atomic E-state index is 11.3. The zero-order valence-corrected chi connectivity index (χ0v) is 10.3. The lowest BCUT2D eigenvalue weighted by atomic mass is 9.71. The van der Waals surface area contributed by atoms with E-state index in [2.05, 4.69) is 35.2 Å². The lowest BCUT2D eigenvalue weighted by molar-refractivity contribution is -0.138. The fourth-order valence-corrected chi connectivity index (χ4v) is 2.74. The molecule has 1 aliphatic heterocycles. The molecule has 0 bridgehead atoms. The summed E-state index contributed by atoms with van der Waals surface area (Å²) in [5, 5.41) is 0. The van der Waals surface area contributed by atoms with E-state index in [0.29, 0.717) is 5.41 Å². The first-order chi connectivity index (χ1) is 6.65. The van der Waals surface area contributed by atoms with Gasteiger partial charge in [0.25, 0.3) is 0 Å². The molecular formula is C11H14INO. The van der Waals surface area contributed by atoms with Gasteiger partial charge in [-0.15, -0.1) is 0 Å². The molecule has 0 unspecified atom stereocenters. The van der Waals surface area contributed by atoms with Crippen LogP contribution in [-0.2, 0) is 4.79 Å². The molecule has 1 fully saturated rings. The molecule has 0 saturated carbocycles. The number of amides is 1. The molecule has 2 nitrogen and oxygen atoms in total. The summed E-state index contributed by atoms with van der Waals surface area (Å²) in [6, 6.07) is 0. The second kappa shape index (κ2) is 3.68. The van der Waals surface area contributed by atoms with E-state index in [1.54, 1.807) is 0 Å². The molecule has 14 heavy (non-hydrogen) atoms. The third-order valence-corrected chi connectivity index (χ3v) is 4.17. The molecule has 2 rings (SSSR count). The SMILES string of the molecule is C=CC(=O)N1CC2(CC=C(I)CC2)C1. The van der Waals surface area contributed by atoms with Crippen LogP contribution in [0.5, 0.6) is 0 Å². The van der Waals surface area contributed by atoms with Gasteiger partial charge >= 0.3 is 0 Å². The first-order valence-corrected chi connectivity index (χ1v) is 5.99. The lowest BCUT2D eigenvalue weighted by Crippen LogP contribution is -2.58. The summed E-state index contributed by atoms with van der Waals surface area (Å²) in [7, 11) is 0. The largest absolute Gasteiger partial charge is 0.338 e. The Labute approximate surface area is 98.2 Å². The van der Waals surface area contributed by atoms with Crippen molar-refractivity contribution in [2.24, 2.45) is 5.41 Å². The van der Waals surface area contributed by atoms with E-state index < -0.39 is 0 Å². The third-order valence-electron chi connectivity index (χ3n) is 3.19. The molecule has 1 saturated heterocycles. The molecule has 1 spiro atoms. The Morgan fingerprint density at radius 3 is 2.86 bits per heavy atom. The second-order valence-electron chi connectivity index (χ2n) is 4.25. The number of hydrogen-bond donors (Lipinski definition) is 0. The molecule has 3 heteroatoms. The van der Waals surface area contributed by atoms with Crippen molar-refractivity contribution in [1.29, 1.82) is 0 Å². The van der Waals surface area contributed by atoms with Crippen molar-refractivity contribution in [2.75, 3.05) is 13.1 Å². The maximum Gasteiger partial charge on any atom is 0.245 e. The number of rotatable bonds is 1. The Kier molecular flexibility index (Phi) is 2.68. The number of halogens is 1. The summed E-state index contributed by atoms with van der Waals surface area (Å²) in [5.41, 5.74) is 0.410. The van der Waals surface area contributed by atoms with Gasteiger partial charge in [-0.2, -0.15) is 0 Å². The number of carbonyl (C=O) groups excluding carboxylic acids is 1. The van der Waals surface area contributed by atoms with Crippen molar-refractivity contribution in [1.82, 2.24) is 4.90 Å². The zero-order chi connectivity index (χ0) is 10.2. The van der Waals surface area contributed by atoms with Gasteiger partial charge in [0.05, 0.1) is 0 Å². The summed E-state index contributed by atoms with van der Waals surface area (Å²) < 4.78 is 1.47. The summed E-state index contributed by atoms with van der Waals surface area (Å²) in [5.74, 6) is 0.0832. The summed E-state index contributed by atoms with van der Waals surface area (Å²) >= 11 is 2.40. The Morgan fingerprint density at radius 2 is 2.36 bits per heavy atom. The van der Waals surface area contributed by atoms with E-state index in [-0.39, 0.29) is 5.91 Å². The highest BCUT2D eigenvalue weighted by atomic mass is 127. The van der Waals surface area contributed by atoms with E-state index in [1.165, 1.54) is 22.5 Å². The van der Waals surface area contributed by atoms with Crippen LogP contribution in [0, 0.1) is 5.41 Å². The minimum Gasteiger partial charge on any atom is -0.338 e. The van der Waals surface area contributed by atoms with E-state index in [9.17, 15) is 4.79 Å². The van der Waals surface area contributed by atoms with Crippen LogP contribution in [0.3, 0.4) is 0 Å². The van der Waals surface area contributed by atoms with E-state index >= 15 is 0 Å². The van der Waals surface area contributed by atoms with Crippen molar-refractivity contribution >= 4 is 28.5 Å². The van der Waals surface area contributed by atoms with Gasteiger partial charge in [0, 0.05) is 18.5 Å². The van der Waals surface area contributed by atoms with Gasteiger partial charge < -0.3 is 4.90 Å². The Bertz CT molecular complexity index is 302. The molecule has 0 atom stereocenters. The average molecular weight is 303 g/mol. The van der Waals surface area contributed by atoms with Crippen molar-refractivity contribution in [3.63, 3.8) is 0 Å². The van der Waals surface area contributed by atoms with Crippen molar-refractivity contribution in [3.05, 3.63) is 22.3 Å². The predicted octanol–water partition coefficient (Wildman–Crippen LogP) is 2.50. The van der Waals surface area contributed by atoms with Crippen LogP contribution in [-0.4, -0.2) is 23.9 Å². The maximum atomic E-state index is 11.3. The van der Waals surface area contributed by atoms with Crippen molar-refractivity contribution in [2.45, 2.75) is 19.3 Å². The minimum atomic E-state index is 0.0832. The van der Waals surface area contributed by atoms with Gasteiger partial charge in [0.15, 0.2) is 0 Å². The minimum absolute atomic E-state index is 0.0832. The monoisotopic (exact) mass is 303 g/mol. The summed E-state index contributed by atoms with van der Waals surface area (Å²) in [6.45, 7) is 5.36. The zero-order valence-electron chi connectivity index (χ0n) is 8.13. The van der Waals surface area contributed by atoms with E-state index in [4.69, 9.17) is 0 Å². The number of allylic oxidation sites excluding steroid dienone is 2. The first-order valence-electron chi connectivity index (χ1n) is 4.91. The highest BCUT2D eigenvalue weighted by Crippen LogP contribution is 2.44. The van der Waals surface area contributed by atoms with Crippen LogP contribution in [0.1, 0.15) is 19.3 Å². The molecule has 1 aliphatic carbocycles. The van der Waals surface area contributed by atoms with Crippen LogP contribution in [0.15, 0.2) is 22.3 Å². The third kappa shape index (κ3) is 1.74. The van der Waals surface area contributed by atoms with Gasteiger partial charge in [-0.3, -0.25) is 4.79 Å². The summed E-state index contributed by atoms with van der Waals surface area (Å²) in [4.78, 5) is 13.2. The second-order valence-corrected chi connectivity index (χ2v) is 5.64. The van der Waals surface area contributed by atoms with Crippen LogP contribution in [0.4, 0.5) is 0 Å². The quantitative estimate of drug-likeness (QED) is 0.538. The van der Waals surface area contributed by atoms with Gasteiger partial charge in [0.2, 0.25) is 5.91 Å². The fourth-order valence-electron chi connectivity index (χ4n) is 2.25.